The number of fused-ring (bicyclic) bond motifs is 1. The first kappa shape index (κ1) is 15.8. The van der Waals surface area contributed by atoms with Gasteiger partial charge in [-0.25, -0.2) is 4.68 Å². The van der Waals surface area contributed by atoms with Crippen molar-refractivity contribution in [3.8, 4) is 11.5 Å². The molecule has 2 aromatic rings. The lowest BCUT2D eigenvalue weighted by atomic mass is 10.0. The second kappa shape index (κ2) is 6.57. The van der Waals surface area contributed by atoms with Crippen LogP contribution < -0.4 is 20.1 Å². The van der Waals surface area contributed by atoms with E-state index in [2.05, 4.69) is 20.7 Å². The van der Waals surface area contributed by atoms with Gasteiger partial charge in [0.15, 0.2) is 0 Å². The zero-order valence-electron chi connectivity index (χ0n) is 13.3. The van der Waals surface area contributed by atoms with Crippen LogP contribution in [0.25, 0.3) is 0 Å². The Kier molecular flexibility index (Phi) is 4.32. The summed E-state index contributed by atoms with van der Waals surface area (Å²) in [5.41, 5.74) is 0.515. The minimum Gasteiger partial charge on any atom is -0.497 e. The standard InChI is InChI=1S/C15H17N5O4/c1-23-10-3-4-11(12(6-10)24-2)18-13(21)5-9-7-20-15(16-8-17-20)19-14(9)22/h3-4,6,8-9H,5,7H2,1-2H3,(H,18,21)(H,16,17,19,22). The zero-order chi connectivity index (χ0) is 17.1. The molecule has 1 aromatic heterocycles. The fourth-order valence-electron chi connectivity index (χ4n) is 2.48. The minimum atomic E-state index is -0.511. The number of nitrogens with one attached hydrogen (secondary N) is 2. The maximum Gasteiger partial charge on any atom is 0.232 e. The number of ether oxygens (including phenoxy) is 2. The molecule has 3 rings (SSSR count). The fraction of sp³-hybridized carbons (Fsp3) is 0.333. The van der Waals surface area contributed by atoms with E-state index in [1.807, 2.05) is 0 Å². The van der Waals surface area contributed by atoms with Crippen molar-refractivity contribution in [1.82, 2.24) is 14.8 Å². The molecule has 0 saturated heterocycles. The summed E-state index contributed by atoms with van der Waals surface area (Å²) in [5.74, 6) is 0.455. The third-order valence-electron chi connectivity index (χ3n) is 3.73. The highest BCUT2D eigenvalue weighted by molar-refractivity contribution is 5.98. The highest BCUT2D eigenvalue weighted by Gasteiger charge is 2.29. The van der Waals surface area contributed by atoms with Crippen molar-refractivity contribution in [1.29, 1.82) is 0 Å². The normalized spacial score (nSPS) is 16.1. The van der Waals surface area contributed by atoms with Crippen molar-refractivity contribution in [2.24, 2.45) is 5.92 Å². The van der Waals surface area contributed by atoms with Crippen molar-refractivity contribution in [2.75, 3.05) is 24.9 Å². The van der Waals surface area contributed by atoms with Gasteiger partial charge in [-0.15, -0.1) is 0 Å². The van der Waals surface area contributed by atoms with Crippen LogP contribution >= 0.6 is 0 Å². The maximum absolute atomic E-state index is 12.3. The molecule has 2 heterocycles. The van der Waals surface area contributed by atoms with Crippen molar-refractivity contribution in [3.05, 3.63) is 24.5 Å². The first-order valence-electron chi connectivity index (χ1n) is 7.31. The molecule has 0 aliphatic carbocycles. The Labute approximate surface area is 138 Å². The molecule has 1 aliphatic heterocycles. The Bertz CT molecular complexity index is 773. The smallest absolute Gasteiger partial charge is 0.232 e. The molecule has 0 fully saturated rings. The van der Waals surface area contributed by atoms with E-state index in [0.29, 0.717) is 29.7 Å². The van der Waals surface area contributed by atoms with Crippen LogP contribution in [0.1, 0.15) is 6.42 Å². The van der Waals surface area contributed by atoms with E-state index in [9.17, 15) is 9.59 Å². The van der Waals surface area contributed by atoms with Gasteiger partial charge in [-0.2, -0.15) is 10.1 Å². The third kappa shape index (κ3) is 3.14. The average molecular weight is 331 g/mol. The molecule has 24 heavy (non-hydrogen) atoms. The highest BCUT2D eigenvalue weighted by Crippen LogP contribution is 2.29. The predicted octanol–water partition coefficient (Wildman–Crippen LogP) is 0.892. The summed E-state index contributed by atoms with van der Waals surface area (Å²) in [6.07, 6.45) is 1.39. The van der Waals surface area contributed by atoms with Crippen LogP contribution in [0, 0.1) is 5.92 Å². The van der Waals surface area contributed by atoms with Gasteiger partial charge in [0.05, 0.1) is 32.4 Å². The van der Waals surface area contributed by atoms with Crippen LogP contribution in [0.2, 0.25) is 0 Å². The molecule has 0 saturated carbocycles. The Hall–Kier alpha value is -3.10. The number of rotatable bonds is 5. The topological polar surface area (TPSA) is 107 Å². The molecule has 1 unspecified atom stereocenters. The number of carbonyl (C=O) groups excluding carboxylic acids is 2. The maximum atomic E-state index is 12.3. The van der Waals surface area contributed by atoms with E-state index < -0.39 is 5.92 Å². The second-order valence-corrected chi connectivity index (χ2v) is 5.27. The molecule has 2 N–H and O–H groups in total. The number of anilines is 2. The van der Waals surface area contributed by atoms with Gasteiger partial charge in [-0.1, -0.05) is 0 Å². The van der Waals surface area contributed by atoms with Gasteiger partial charge in [0.2, 0.25) is 17.8 Å². The molecule has 9 heteroatoms. The van der Waals surface area contributed by atoms with Crippen LogP contribution in [-0.2, 0) is 16.1 Å². The van der Waals surface area contributed by atoms with E-state index >= 15 is 0 Å². The van der Waals surface area contributed by atoms with Gasteiger partial charge in [0.25, 0.3) is 0 Å². The predicted molar refractivity (Wildman–Crippen MR) is 84.9 cm³/mol. The van der Waals surface area contributed by atoms with E-state index in [-0.39, 0.29) is 18.2 Å². The van der Waals surface area contributed by atoms with E-state index in [1.165, 1.54) is 13.4 Å². The van der Waals surface area contributed by atoms with Crippen molar-refractivity contribution in [2.45, 2.75) is 13.0 Å². The molecule has 1 aliphatic rings. The molecule has 126 valence electrons. The van der Waals surface area contributed by atoms with Crippen LogP contribution in [0.3, 0.4) is 0 Å². The number of amides is 2. The number of methoxy groups -OCH3 is 2. The van der Waals surface area contributed by atoms with Gasteiger partial charge in [0, 0.05) is 12.5 Å². The third-order valence-corrected chi connectivity index (χ3v) is 3.73. The first-order valence-corrected chi connectivity index (χ1v) is 7.31. The molecule has 9 nitrogen and oxygen atoms in total. The Morgan fingerprint density at radius 1 is 1.42 bits per heavy atom. The van der Waals surface area contributed by atoms with Crippen molar-refractivity contribution < 1.29 is 19.1 Å². The number of hydrogen-bond acceptors (Lipinski definition) is 6. The molecule has 0 radical (unpaired) electrons. The number of carbonyl (C=O) groups is 2. The summed E-state index contributed by atoms with van der Waals surface area (Å²) < 4.78 is 11.9. The number of aromatic nitrogens is 3. The Morgan fingerprint density at radius 3 is 3.00 bits per heavy atom. The average Bonchev–Trinajstić information content (AvgIpc) is 3.02. The van der Waals surface area contributed by atoms with Gasteiger partial charge in [-0.3, -0.25) is 14.9 Å². The van der Waals surface area contributed by atoms with Gasteiger partial charge >= 0.3 is 0 Å². The second-order valence-electron chi connectivity index (χ2n) is 5.27. The van der Waals surface area contributed by atoms with Crippen LogP contribution in [0.4, 0.5) is 11.6 Å². The van der Waals surface area contributed by atoms with Crippen LogP contribution in [0.15, 0.2) is 24.5 Å². The molecule has 0 bridgehead atoms. The summed E-state index contributed by atoms with van der Waals surface area (Å²) in [7, 11) is 3.05. The lowest BCUT2D eigenvalue weighted by molar-refractivity contribution is -0.126. The summed E-state index contributed by atoms with van der Waals surface area (Å²) in [5, 5.41) is 9.38. The summed E-state index contributed by atoms with van der Waals surface area (Å²) >= 11 is 0. The largest absolute Gasteiger partial charge is 0.497 e. The molecule has 0 spiro atoms. The highest BCUT2D eigenvalue weighted by atomic mass is 16.5. The lowest BCUT2D eigenvalue weighted by Crippen LogP contribution is -2.36. The molecular weight excluding hydrogens is 314 g/mol. The number of nitrogens with zero attached hydrogens (tertiary/aromatic N) is 3. The van der Waals surface area contributed by atoms with Crippen molar-refractivity contribution in [3.63, 3.8) is 0 Å². The SMILES string of the molecule is COc1ccc(NC(=O)CC2Cn3ncnc3NC2=O)c(OC)c1. The van der Waals surface area contributed by atoms with E-state index in [1.54, 1.807) is 30.0 Å². The zero-order valence-corrected chi connectivity index (χ0v) is 13.3. The van der Waals surface area contributed by atoms with E-state index in [0.717, 1.165) is 0 Å². The Balaban J connectivity index is 1.67. The molecule has 2 amide bonds. The summed E-state index contributed by atoms with van der Waals surface area (Å²) in [4.78, 5) is 28.2. The summed E-state index contributed by atoms with van der Waals surface area (Å²) in [6.45, 7) is 0.314. The first-order chi connectivity index (χ1) is 11.6. The molecule has 1 aromatic carbocycles. The number of benzene rings is 1. The Morgan fingerprint density at radius 2 is 2.25 bits per heavy atom. The van der Waals surface area contributed by atoms with Crippen LogP contribution in [0.5, 0.6) is 11.5 Å². The fourth-order valence-corrected chi connectivity index (χ4v) is 2.48. The number of hydrogen-bond donors (Lipinski definition) is 2. The lowest BCUT2D eigenvalue weighted by Gasteiger charge is -2.22. The minimum absolute atomic E-state index is 0.0281. The molecular formula is C15H17N5O4. The van der Waals surface area contributed by atoms with Gasteiger partial charge < -0.3 is 14.8 Å². The quantitative estimate of drug-likeness (QED) is 0.842. The monoisotopic (exact) mass is 331 g/mol. The van der Waals surface area contributed by atoms with Crippen LogP contribution in [-0.4, -0.2) is 40.8 Å². The van der Waals surface area contributed by atoms with Gasteiger partial charge in [-0.05, 0) is 12.1 Å². The summed E-state index contributed by atoms with van der Waals surface area (Å²) in [6, 6.07) is 5.07. The van der Waals surface area contributed by atoms with E-state index in [4.69, 9.17) is 9.47 Å². The van der Waals surface area contributed by atoms with Crippen molar-refractivity contribution >= 4 is 23.5 Å². The van der Waals surface area contributed by atoms with Gasteiger partial charge in [0.1, 0.15) is 17.8 Å². The molecule has 1 atom stereocenters.